The number of halogens is 1. The van der Waals surface area contributed by atoms with E-state index < -0.39 is 11.8 Å². The number of carbonyl (C=O) groups excluding carboxylic acids is 2. The average molecular weight is 411 g/mol. The Morgan fingerprint density at radius 3 is 2.10 bits per heavy atom. The van der Waals surface area contributed by atoms with Crippen LogP contribution in [-0.2, 0) is 9.59 Å². The van der Waals surface area contributed by atoms with Crippen molar-refractivity contribution in [3.8, 4) is 5.75 Å². The van der Waals surface area contributed by atoms with Crippen molar-refractivity contribution in [2.24, 2.45) is 0 Å². The van der Waals surface area contributed by atoms with Gasteiger partial charge >= 0.3 is 0 Å². The second-order valence-corrected chi connectivity index (χ2v) is 7.53. The van der Waals surface area contributed by atoms with Crippen molar-refractivity contribution in [1.29, 1.82) is 0 Å². The summed E-state index contributed by atoms with van der Waals surface area (Å²) >= 11 is 6.28. The summed E-state index contributed by atoms with van der Waals surface area (Å²) in [4.78, 5) is 29.3. The number of benzene rings is 2. The Hall–Kier alpha value is -2.79. The molecule has 0 bridgehead atoms. The Morgan fingerprint density at radius 1 is 0.862 bits per heavy atom. The van der Waals surface area contributed by atoms with Crippen LogP contribution in [0.4, 0.5) is 11.4 Å². The summed E-state index contributed by atoms with van der Waals surface area (Å²) in [6.45, 7) is 4.54. The SMILES string of the molecule is CCOc1ccc(C2=C(Cl)C(=O)N(c3ccc(N4CCCCC4)cc3)C2=O)cc1. The van der Waals surface area contributed by atoms with Crippen LogP contribution >= 0.6 is 11.6 Å². The maximum Gasteiger partial charge on any atom is 0.277 e. The highest BCUT2D eigenvalue weighted by Gasteiger charge is 2.39. The first-order valence-electron chi connectivity index (χ1n) is 9.97. The lowest BCUT2D eigenvalue weighted by atomic mass is 10.1. The molecular formula is C23H23ClN2O3. The van der Waals surface area contributed by atoms with Gasteiger partial charge in [0.05, 0.1) is 17.9 Å². The van der Waals surface area contributed by atoms with Gasteiger partial charge in [-0.2, -0.15) is 0 Å². The predicted octanol–water partition coefficient (Wildman–Crippen LogP) is 4.60. The fraction of sp³-hybridized carbons (Fsp3) is 0.304. The van der Waals surface area contributed by atoms with Crippen LogP contribution in [0.25, 0.3) is 5.57 Å². The fourth-order valence-electron chi connectivity index (χ4n) is 3.84. The predicted molar refractivity (Wildman–Crippen MR) is 115 cm³/mol. The van der Waals surface area contributed by atoms with E-state index in [-0.39, 0.29) is 10.6 Å². The van der Waals surface area contributed by atoms with E-state index >= 15 is 0 Å². The minimum Gasteiger partial charge on any atom is -0.494 e. The first-order valence-corrected chi connectivity index (χ1v) is 10.3. The number of ether oxygens (including phenoxy) is 1. The second-order valence-electron chi connectivity index (χ2n) is 7.16. The monoisotopic (exact) mass is 410 g/mol. The third kappa shape index (κ3) is 3.75. The van der Waals surface area contributed by atoms with Gasteiger partial charge in [0.15, 0.2) is 0 Å². The molecule has 29 heavy (non-hydrogen) atoms. The molecule has 2 aliphatic heterocycles. The van der Waals surface area contributed by atoms with E-state index in [4.69, 9.17) is 16.3 Å². The minimum absolute atomic E-state index is 0.0562. The van der Waals surface area contributed by atoms with Crippen LogP contribution < -0.4 is 14.5 Å². The molecule has 0 unspecified atom stereocenters. The molecule has 2 heterocycles. The number of imide groups is 1. The summed E-state index contributed by atoms with van der Waals surface area (Å²) < 4.78 is 5.43. The van der Waals surface area contributed by atoms with E-state index in [0.29, 0.717) is 23.6 Å². The molecule has 0 N–H and O–H groups in total. The molecule has 4 rings (SSSR count). The Balaban J connectivity index is 1.57. The van der Waals surface area contributed by atoms with Crippen molar-refractivity contribution in [2.75, 3.05) is 29.5 Å². The van der Waals surface area contributed by atoms with Gasteiger partial charge in [-0.05, 0) is 68.1 Å². The molecular weight excluding hydrogens is 388 g/mol. The summed E-state index contributed by atoms with van der Waals surface area (Å²) in [5, 5.41) is -0.0562. The third-order valence-electron chi connectivity index (χ3n) is 5.31. The first kappa shape index (κ1) is 19.5. The zero-order valence-electron chi connectivity index (χ0n) is 16.4. The van der Waals surface area contributed by atoms with Crippen LogP contribution in [0, 0.1) is 0 Å². The van der Waals surface area contributed by atoms with Crippen molar-refractivity contribution < 1.29 is 14.3 Å². The Kier molecular flexibility index (Phi) is 5.58. The molecule has 0 saturated carbocycles. The summed E-state index contributed by atoms with van der Waals surface area (Å²) in [6.07, 6.45) is 3.65. The van der Waals surface area contributed by atoms with E-state index in [2.05, 4.69) is 4.90 Å². The molecule has 6 heteroatoms. The molecule has 0 aromatic heterocycles. The number of piperidine rings is 1. The highest BCUT2D eigenvalue weighted by atomic mass is 35.5. The lowest BCUT2D eigenvalue weighted by Gasteiger charge is -2.29. The molecule has 1 fully saturated rings. The molecule has 0 radical (unpaired) electrons. The lowest BCUT2D eigenvalue weighted by Crippen LogP contribution is -2.31. The molecule has 0 atom stereocenters. The highest BCUT2D eigenvalue weighted by Crippen LogP contribution is 2.36. The Bertz CT molecular complexity index is 945. The second kappa shape index (κ2) is 8.29. The molecule has 2 aliphatic rings. The van der Waals surface area contributed by atoms with Crippen molar-refractivity contribution in [3.63, 3.8) is 0 Å². The highest BCUT2D eigenvalue weighted by molar-refractivity contribution is 6.60. The smallest absolute Gasteiger partial charge is 0.277 e. The molecule has 150 valence electrons. The van der Waals surface area contributed by atoms with Gasteiger partial charge in [0, 0.05) is 18.8 Å². The van der Waals surface area contributed by atoms with Crippen LogP contribution in [0.2, 0.25) is 0 Å². The largest absolute Gasteiger partial charge is 0.494 e. The maximum absolute atomic E-state index is 13.0. The molecule has 0 spiro atoms. The number of amides is 2. The van der Waals surface area contributed by atoms with Gasteiger partial charge < -0.3 is 9.64 Å². The van der Waals surface area contributed by atoms with Crippen LogP contribution in [0.5, 0.6) is 5.75 Å². The van der Waals surface area contributed by atoms with Gasteiger partial charge in [0.2, 0.25) is 0 Å². The summed E-state index contributed by atoms with van der Waals surface area (Å²) in [5.41, 5.74) is 2.46. The third-order valence-corrected chi connectivity index (χ3v) is 5.66. The van der Waals surface area contributed by atoms with E-state index in [1.165, 1.54) is 19.3 Å². The van der Waals surface area contributed by atoms with Crippen LogP contribution in [0.1, 0.15) is 31.7 Å². The molecule has 2 aromatic carbocycles. The molecule has 0 aliphatic carbocycles. The average Bonchev–Trinajstić information content (AvgIpc) is 2.98. The number of hydrogen-bond acceptors (Lipinski definition) is 4. The number of nitrogens with zero attached hydrogens (tertiary/aromatic N) is 2. The topological polar surface area (TPSA) is 49.9 Å². The lowest BCUT2D eigenvalue weighted by molar-refractivity contribution is -0.119. The van der Waals surface area contributed by atoms with Crippen LogP contribution in [0.15, 0.2) is 53.6 Å². The van der Waals surface area contributed by atoms with E-state index in [9.17, 15) is 9.59 Å². The van der Waals surface area contributed by atoms with E-state index in [1.54, 1.807) is 24.3 Å². The normalized spacial score (nSPS) is 17.3. The van der Waals surface area contributed by atoms with Gasteiger partial charge in [-0.15, -0.1) is 0 Å². The maximum atomic E-state index is 13.0. The quantitative estimate of drug-likeness (QED) is 0.676. The summed E-state index contributed by atoms with van der Waals surface area (Å²) in [5.74, 6) is -0.198. The van der Waals surface area contributed by atoms with Gasteiger partial charge in [-0.1, -0.05) is 23.7 Å². The van der Waals surface area contributed by atoms with Gasteiger partial charge in [0.1, 0.15) is 10.8 Å². The summed E-state index contributed by atoms with van der Waals surface area (Å²) in [7, 11) is 0. The summed E-state index contributed by atoms with van der Waals surface area (Å²) in [6, 6.07) is 14.6. The van der Waals surface area contributed by atoms with Gasteiger partial charge in [-0.3, -0.25) is 9.59 Å². The first-order chi connectivity index (χ1) is 14.1. The minimum atomic E-state index is -0.494. The zero-order valence-corrected chi connectivity index (χ0v) is 17.1. The molecule has 2 aromatic rings. The Morgan fingerprint density at radius 2 is 1.48 bits per heavy atom. The fourth-order valence-corrected chi connectivity index (χ4v) is 4.11. The zero-order chi connectivity index (χ0) is 20.4. The van der Waals surface area contributed by atoms with Gasteiger partial charge in [0.25, 0.3) is 11.8 Å². The number of rotatable bonds is 5. The van der Waals surface area contributed by atoms with E-state index in [0.717, 1.165) is 23.7 Å². The number of carbonyl (C=O) groups is 2. The van der Waals surface area contributed by atoms with Crippen molar-refractivity contribution in [3.05, 3.63) is 59.1 Å². The Labute approximate surface area is 175 Å². The van der Waals surface area contributed by atoms with Crippen LogP contribution in [0.3, 0.4) is 0 Å². The molecule has 5 nitrogen and oxygen atoms in total. The van der Waals surface area contributed by atoms with Crippen molar-refractivity contribution in [2.45, 2.75) is 26.2 Å². The van der Waals surface area contributed by atoms with Gasteiger partial charge in [-0.25, -0.2) is 4.90 Å². The van der Waals surface area contributed by atoms with Crippen LogP contribution in [-0.4, -0.2) is 31.5 Å². The number of hydrogen-bond donors (Lipinski definition) is 0. The van der Waals surface area contributed by atoms with Crippen molar-refractivity contribution >= 4 is 40.4 Å². The van der Waals surface area contributed by atoms with E-state index in [1.807, 2.05) is 31.2 Å². The number of anilines is 2. The standard InChI is InChI=1S/C23H23ClN2O3/c1-2-29-19-12-6-16(7-13-19)20-21(24)23(28)26(22(20)27)18-10-8-17(9-11-18)25-14-4-3-5-15-25/h6-13H,2-5,14-15H2,1H3. The molecule has 1 saturated heterocycles. The van der Waals surface area contributed by atoms with Crippen molar-refractivity contribution in [1.82, 2.24) is 0 Å². The molecule has 2 amide bonds.